The Kier molecular flexibility index (Phi) is 5.01. The molecule has 1 fully saturated rings. The van der Waals surface area contributed by atoms with Crippen molar-refractivity contribution in [1.29, 1.82) is 0 Å². The molecule has 0 atom stereocenters. The summed E-state index contributed by atoms with van der Waals surface area (Å²) >= 11 is 1.39. The minimum Gasteiger partial charge on any atom is -0.345 e. The Bertz CT molecular complexity index is 1200. The van der Waals surface area contributed by atoms with E-state index in [0.29, 0.717) is 36.6 Å². The lowest BCUT2D eigenvalue weighted by Crippen LogP contribution is -2.48. The van der Waals surface area contributed by atoms with Gasteiger partial charge in [0.2, 0.25) is 10.0 Å². The molecular weight excluding hydrogens is 412 g/mol. The molecule has 0 bridgehead atoms. The smallest absolute Gasteiger partial charge is 0.270 e. The molecule has 29 heavy (non-hydrogen) atoms. The average molecular weight is 433 g/mol. The van der Waals surface area contributed by atoms with E-state index in [2.05, 4.69) is 4.98 Å². The van der Waals surface area contributed by atoms with Crippen molar-refractivity contribution in [3.8, 4) is 0 Å². The first-order chi connectivity index (χ1) is 13.8. The van der Waals surface area contributed by atoms with Gasteiger partial charge in [0.1, 0.15) is 0 Å². The molecule has 0 amide bonds. The molecule has 0 saturated carbocycles. The van der Waals surface area contributed by atoms with Crippen LogP contribution in [-0.2, 0) is 10.0 Å². The number of aryl methyl sites for hydroxylation is 2. The molecule has 1 aliphatic rings. The van der Waals surface area contributed by atoms with Gasteiger partial charge in [0.05, 0.1) is 20.0 Å². The second-order valence-electron chi connectivity index (χ2n) is 7.07. The summed E-state index contributed by atoms with van der Waals surface area (Å²) in [6.07, 6.45) is 0. The van der Waals surface area contributed by atoms with Gasteiger partial charge in [-0.05, 0) is 37.1 Å². The third-order valence-corrected chi connectivity index (χ3v) is 8.16. The summed E-state index contributed by atoms with van der Waals surface area (Å²) in [7, 11) is -3.55. The van der Waals surface area contributed by atoms with Crippen molar-refractivity contribution in [2.45, 2.75) is 18.7 Å². The summed E-state index contributed by atoms with van der Waals surface area (Å²) in [5.41, 5.74) is 2.40. The summed E-state index contributed by atoms with van der Waals surface area (Å²) in [6.45, 7) is 5.46. The predicted octanol–water partition coefficient (Wildman–Crippen LogP) is 3.33. The number of benzene rings is 2. The van der Waals surface area contributed by atoms with E-state index in [0.717, 1.165) is 21.0 Å². The number of rotatable bonds is 4. The number of piperazine rings is 1. The first-order valence-electron chi connectivity index (χ1n) is 9.13. The molecule has 0 radical (unpaired) electrons. The molecule has 2 heterocycles. The maximum atomic E-state index is 13.1. The number of fused-ring (bicyclic) bond motifs is 1. The zero-order valence-electron chi connectivity index (χ0n) is 16.0. The number of hydrogen-bond donors (Lipinski definition) is 0. The van der Waals surface area contributed by atoms with Gasteiger partial charge >= 0.3 is 0 Å². The Labute approximate surface area is 172 Å². The molecule has 1 aromatic heterocycles. The molecule has 1 aliphatic heterocycles. The largest absolute Gasteiger partial charge is 0.345 e. The molecule has 0 aliphatic carbocycles. The number of sulfonamides is 1. The molecule has 4 rings (SSSR count). The molecule has 2 aromatic carbocycles. The lowest BCUT2D eigenvalue weighted by Gasteiger charge is -2.34. The van der Waals surface area contributed by atoms with Crippen LogP contribution in [0.25, 0.3) is 10.2 Å². The van der Waals surface area contributed by atoms with E-state index in [9.17, 15) is 18.5 Å². The molecule has 1 saturated heterocycles. The Hall–Kier alpha value is -2.56. The number of nitrogens with zero attached hydrogens (tertiary/aromatic N) is 4. The van der Waals surface area contributed by atoms with Gasteiger partial charge in [-0.3, -0.25) is 10.1 Å². The third kappa shape index (κ3) is 3.70. The normalized spacial score (nSPS) is 15.7. The minimum absolute atomic E-state index is 0.0390. The number of aromatic nitrogens is 1. The van der Waals surface area contributed by atoms with Crippen LogP contribution in [0.1, 0.15) is 11.1 Å². The van der Waals surface area contributed by atoms with Gasteiger partial charge in [-0.25, -0.2) is 13.4 Å². The SMILES string of the molecule is Cc1ccc(C)c(S(=O)(=O)N2CCN(c3nc4ccc([N+](=O)[O-])cc4s3)CC2)c1. The van der Waals surface area contributed by atoms with Crippen LogP contribution in [0.4, 0.5) is 10.8 Å². The first-order valence-corrected chi connectivity index (χ1v) is 11.4. The fourth-order valence-electron chi connectivity index (χ4n) is 3.39. The van der Waals surface area contributed by atoms with Crippen LogP contribution < -0.4 is 4.90 Å². The maximum absolute atomic E-state index is 13.1. The standard InChI is InChI=1S/C19H20N4O4S2/c1-13-3-4-14(2)18(11-13)29(26,27)22-9-7-21(8-10-22)19-20-16-6-5-15(23(24)25)12-17(16)28-19/h3-6,11-12H,7-10H2,1-2H3. The Morgan fingerprint density at radius 3 is 2.48 bits per heavy atom. The average Bonchev–Trinajstić information content (AvgIpc) is 3.13. The minimum atomic E-state index is -3.55. The highest BCUT2D eigenvalue weighted by Gasteiger charge is 2.30. The van der Waals surface area contributed by atoms with Crippen LogP contribution in [0.2, 0.25) is 0 Å². The van der Waals surface area contributed by atoms with Gasteiger partial charge in [-0.1, -0.05) is 23.5 Å². The van der Waals surface area contributed by atoms with Gasteiger partial charge in [-0.15, -0.1) is 0 Å². The van der Waals surface area contributed by atoms with Crippen LogP contribution in [0, 0.1) is 24.0 Å². The Balaban J connectivity index is 1.53. The fraction of sp³-hybridized carbons (Fsp3) is 0.316. The Morgan fingerprint density at radius 1 is 1.07 bits per heavy atom. The lowest BCUT2D eigenvalue weighted by atomic mass is 10.2. The van der Waals surface area contributed by atoms with Crippen LogP contribution >= 0.6 is 11.3 Å². The Morgan fingerprint density at radius 2 is 1.79 bits per heavy atom. The van der Waals surface area contributed by atoms with Crippen molar-refractivity contribution >= 4 is 42.4 Å². The number of nitro benzene ring substituents is 1. The zero-order valence-corrected chi connectivity index (χ0v) is 17.7. The van der Waals surface area contributed by atoms with Crippen molar-refractivity contribution in [2.75, 3.05) is 31.1 Å². The number of anilines is 1. The topological polar surface area (TPSA) is 96.7 Å². The first kappa shape index (κ1) is 19.7. The van der Waals surface area contributed by atoms with Crippen molar-refractivity contribution in [3.05, 3.63) is 57.6 Å². The monoisotopic (exact) mass is 432 g/mol. The summed E-state index contributed by atoms with van der Waals surface area (Å²) in [5.74, 6) is 0. The summed E-state index contributed by atoms with van der Waals surface area (Å²) in [6, 6.07) is 10.1. The molecular formula is C19H20N4O4S2. The van der Waals surface area contributed by atoms with Crippen LogP contribution in [0.15, 0.2) is 41.3 Å². The zero-order chi connectivity index (χ0) is 20.8. The highest BCUT2D eigenvalue weighted by atomic mass is 32.2. The van der Waals surface area contributed by atoms with Crippen molar-refractivity contribution in [3.63, 3.8) is 0 Å². The van der Waals surface area contributed by atoms with E-state index in [1.807, 2.05) is 30.9 Å². The van der Waals surface area contributed by atoms with Gasteiger partial charge in [-0.2, -0.15) is 4.31 Å². The second-order valence-corrected chi connectivity index (χ2v) is 9.98. The van der Waals surface area contributed by atoms with Crippen LogP contribution in [0.5, 0.6) is 0 Å². The third-order valence-electron chi connectivity index (χ3n) is 5.04. The molecule has 10 heteroatoms. The fourth-order valence-corrected chi connectivity index (χ4v) is 6.18. The predicted molar refractivity (Wildman–Crippen MR) is 113 cm³/mol. The highest BCUT2D eigenvalue weighted by Crippen LogP contribution is 2.32. The van der Waals surface area contributed by atoms with E-state index >= 15 is 0 Å². The molecule has 0 N–H and O–H groups in total. The van der Waals surface area contributed by atoms with E-state index in [-0.39, 0.29) is 5.69 Å². The summed E-state index contributed by atoms with van der Waals surface area (Å²) in [4.78, 5) is 17.5. The van der Waals surface area contributed by atoms with Crippen molar-refractivity contribution < 1.29 is 13.3 Å². The number of thiazole rings is 1. The maximum Gasteiger partial charge on any atom is 0.270 e. The number of hydrogen-bond acceptors (Lipinski definition) is 7. The molecule has 0 spiro atoms. The van der Waals surface area contributed by atoms with Gasteiger partial charge in [0.15, 0.2) is 5.13 Å². The molecule has 152 valence electrons. The van der Waals surface area contributed by atoms with Crippen molar-refractivity contribution in [2.24, 2.45) is 0 Å². The van der Waals surface area contributed by atoms with Gasteiger partial charge < -0.3 is 4.90 Å². The van der Waals surface area contributed by atoms with E-state index < -0.39 is 14.9 Å². The molecule has 3 aromatic rings. The second kappa shape index (κ2) is 7.36. The molecule has 0 unspecified atom stereocenters. The van der Waals surface area contributed by atoms with E-state index in [1.54, 1.807) is 12.1 Å². The van der Waals surface area contributed by atoms with Gasteiger partial charge in [0.25, 0.3) is 5.69 Å². The molecule has 8 nitrogen and oxygen atoms in total. The number of nitro groups is 1. The van der Waals surface area contributed by atoms with E-state index in [1.165, 1.54) is 27.8 Å². The van der Waals surface area contributed by atoms with Crippen LogP contribution in [0.3, 0.4) is 0 Å². The highest BCUT2D eigenvalue weighted by molar-refractivity contribution is 7.89. The van der Waals surface area contributed by atoms with E-state index in [4.69, 9.17) is 0 Å². The summed E-state index contributed by atoms with van der Waals surface area (Å²) < 4.78 is 28.4. The van der Waals surface area contributed by atoms with Crippen molar-refractivity contribution in [1.82, 2.24) is 9.29 Å². The quantitative estimate of drug-likeness (QED) is 0.463. The summed E-state index contributed by atoms with van der Waals surface area (Å²) in [5, 5.41) is 11.7. The number of non-ortho nitro benzene ring substituents is 1. The lowest BCUT2D eigenvalue weighted by molar-refractivity contribution is -0.384. The van der Waals surface area contributed by atoms with Crippen LogP contribution in [-0.4, -0.2) is 48.8 Å². The van der Waals surface area contributed by atoms with Gasteiger partial charge in [0, 0.05) is 38.3 Å².